The first-order chi connectivity index (χ1) is 14.2. The number of piperidine rings is 1. The molecule has 0 aliphatic carbocycles. The van der Waals surface area contributed by atoms with Gasteiger partial charge in [-0.1, -0.05) is 24.3 Å². The van der Waals surface area contributed by atoms with Crippen LogP contribution in [0, 0.1) is 5.92 Å². The Balaban J connectivity index is 1.32. The van der Waals surface area contributed by atoms with Crippen LogP contribution in [0.1, 0.15) is 28.8 Å². The Kier molecular flexibility index (Phi) is 6.03. The number of aromatic nitrogens is 2. The topological polar surface area (TPSA) is 81.2 Å². The molecule has 1 aliphatic heterocycles. The summed E-state index contributed by atoms with van der Waals surface area (Å²) in [5.74, 6) is 1.11. The Labute approximate surface area is 170 Å². The van der Waals surface area contributed by atoms with E-state index in [4.69, 9.17) is 0 Å². The minimum absolute atomic E-state index is 0.130. The fraction of sp³-hybridized carbons (Fsp3) is 0.304. The Bertz CT molecular complexity index is 913. The number of anilines is 1. The average Bonchev–Trinajstić information content (AvgIpc) is 3.31. The van der Waals surface area contributed by atoms with Gasteiger partial charge in [0.15, 0.2) is 0 Å². The SMILES string of the molecule is O=C(Nc1ccc(CN2CCC(CO)CC2)cc1)c1ccc(-c2ncc[nH]2)cc1. The molecule has 0 saturated carbocycles. The molecule has 1 fully saturated rings. The summed E-state index contributed by atoms with van der Waals surface area (Å²) in [6.07, 6.45) is 5.60. The van der Waals surface area contributed by atoms with E-state index in [1.807, 2.05) is 24.3 Å². The first-order valence-corrected chi connectivity index (χ1v) is 10.0. The summed E-state index contributed by atoms with van der Waals surface area (Å²) in [5.41, 5.74) is 3.57. The van der Waals surface area contributed by atoms with Crippen molar-refractivity contribution >= 4 is 11.6 Å². The zero-order valence-electron chi connectivity index (χ0n) is 16.3. The zero-order chi connectivity index (χ0) is 20.1. The molecule has 3 N–H and O–H groups in total. The van der Waals surface area contributed by atoms with Crippen LogP contribution in [-0.2, 0) is 6.54 Å². The quantitative estimate of drug-likeness (QED) is 0.601. The second kappa shape index (κ2) is 9.03. The maximum Gasteiger partial charge on any atom is 0.255 e. The van der Waals surface area contributed by atoms with Crippen LogP contribution < -0.4 is 5.32 Å². The van der Waals surface area contributed by atoms with Gasteiger partial charge >= 0.3 is 0 Å². The van der Waals surface area contributed by atoms with Crippen molar-refractivity contribution in [2.24, 2.45) is 5.92 Å². The van der Waals surface area contributed by atoms with E-state index in [2.05, 4.69) is 32.3 Å². The van der Waals surface area contributed by atoms with Crippen molar-refractivity contribution in [2.75, 3.05) is 25.0 Å². The van der Waals surface area contributed by atoms with Gasteiger partial charge in [-0.2, -0.15) is 0 Å². The molecule has 150 valence electrons. The van der Waals surface area contributed by atoms with E-state index in [1.165, 1.54) is 5.56 Å². The van der Waals surface area contributed by atoms with Crippen molar-refractivity contribution < 1.29 is 9.90 Å². The molecule has 0 bridgehead atoms. The largest absolute Gasteiger partial charge is 0.396 e. The van der Waals surface area contributed by atoms with Gasteiger partial charge in [-0.3, -0.25) is 9.69 Å². The van der Waals surface area contributed by atoms with Crippen molar-refractivity contribution in [3.8, 4) is 11.4 Å². The highest BCUT2D eigenvalue weighted by molar-refractivity contribution is 6.04. The van der Waals surface area contributed by atoms with Crippen molar-refractivity contribution in [3.05, 3.63) is 72.1 Å². The van der Waals surface area contributed by atoms with Crippen LogP contribution in [0.25, 0.3) is 11.4 Å². The third kappa shape index (κ3) is 4.91. The van der Waals surface area contributed by atoms with E-state index in [0.29, 0.717) is 18.1 Å². The summed E-state index contributed by atoms with van der Waals surface area (Å²) in [7, 11) is 0. The predicted octanol–water partition coefficient (Wildman–Crippen LogP) is 3.53. The lowest BCUT2D eigenvalue weighted by Gasteiger charge is -2.31. The molecule has 0 unspecified atom stereocenters. The Morgan fingerprint density at radius 1 is 1.10 bits per heavy atom. The lowest BCUT2D eigenvalue weighted by atomic mass is 9.97. The summed E-state index contributed by atoms with van der Waals surface area (Å²) in [4.78, 5) is 22.2. The number of likely N-dealkylation sites (tertiary alicyclic amines) is 1. The van der Waals surface area contributed by atoms with E-state index in [9.17, 15) is 9.90 Å². The Morgan fingerprint density at radius 2 is 1.83 bits per heavy atom. The maximum atomic E-state index is 12.5. The molecule has 29 heavy (non-hydrogen) atoms. The number of carbonyl (C=O) groups excluding carboxylic acids is 1. The van der Waals surface area contributed by atoms with Crippen molar-refractivity contribution in [1.82, 2.24) is 14.9 Å². The van der Waals surface area contributed by atoms with Crippen LogP contribution in [0.5, 0.6) is 0 Å². The molecule has 6 heteroatoms. The summed E-state index contributed by atoms with van der Waals surface area (Å²) in [5, 5.41) is 12.2. The van der Waals surface area contributed by atoms with Gasteiger partial charge in [0, 0.05) is 42.4 Å². The molecule has 6 nitrogen and oxygen atoms in total. The number of aromatic amines is 1. The lowest BCUT2D eigenvalue weighted by Crippen LogP contribution is -2.34. The monoisotopic (exact) mass is 390 g/mol. The normalized spacial score (nSPS) is 15.3. The molecular weight excluding hydrogens is 364 g/mol. The molecular formula is C23H26N4O2. The first kappa shape index (κ1) is 19.4. The van der Waals surface area contributed by atoms with Gasteiger partial charge in [0.25, 0.3) is 5.91 Å². The number of H-pyrrole nitrogens is 1. The minimum Gasteiger partial charge on any atom is -0.396 e. The van der Waals surface area contributed by atoms with Crippen LogP contribution >= 0.6 is 0 Å². The second-order valence-corrected chi connectivity index (χ2v) is 7.57. The van der Waals surface area contributed by atoms with E-state index in [-0.39, 0.29) is 5.91 Å². The number of amides is 1. The maximum absolute atomic E-state index is 12.5. The number of rotatable bonds is 6. The number of nitrogens with one attached hydrogen (secondary N) is 2. The highest BCUT2D eigenvalue weighted by atomic mass is 16.3. The highest BCUT2D eigenvalue weighted by Crippen LogP contribution is 2.20. The van der Waals surface area contributed by atoms with Crippen LogP contribution in [0.15, 0.2) is 60.9 Å². The van der Waals surface area contributed by atoms with Gasteiger partial charge in [0.1, 0.15) is 5.82 Å². The molecule has 1 saturated heterocycles. The highest BCUT2D eigenvalue weighted by Gasteiger charge is 2.18. The van der Waals surface area contributed by atoms with Crippen LogP contribution in [0.3, 0.4) is 0 Å². The van der Waals surface area contributed by atoms with Gasteiger partial charge in [-0.05, 0) is 61.7 Å². The third-order valence-corrected chi connectivity index (χ3v) is 5.50. The number of hydrogen-bond acceptors (Lipinski definition) is 4. The molecule has 1 aliphatic rings. The van der Waals surface area contributed by atoms with E-state index in [1.54, 1.807) is 24.5 Å². The van der Waals surface area contributed by atoms with Gasteiger partial charge < -0.3 is 15.4 Å². The molecule has 1 aromatic heterocycles. The summed E-state index contributed by atoms with van der Waals surface area (Å²) < 4.78 is 0. The van der Waals surface area contributed by atoms with Crippen LogP contribution in [0.2, 0.25) is 0 Å². The number of aliphatic hydroxyl groups is 1. The van der Waals surface area contributed by atoms with Gasteiger partial charge in [0.2, 0.25) is 0 Å². The smallest absolute Gasteiger partial charge is 0.255 e. The fourth-order valence-electron chi connectivity index (χ4n) is 3.68. The molecule has 0 spiro atoms. The molecule has 1 amide bonds. The lowest BCUT2D eigenvalue weighted by molar-refractivity contribution is 0.102. The van der Waals surface area contributed by atoms with Crippen molar-refractivity contribution in [3.63, 3.8) is 0 Å². The zero-order valence-corrected chi connectivity index (χ0v) is 16.3. The van der Waals surface area contributed by atoms with Crippen LogP contribution in [0.4, 0.5) is 5.69 Å². The summed E-state index contributed by atoms with van der Waals surface area (Å²) >= 11 is 0. The van der Waals surface area contributed by atoms with Gasteiger partial charge in [-0.25, -0.2) is 4.98 Å². The average molecular weight is 390 g/mol. The molecule has 0 atom stereocenters. The van der Waals surface area contributed by atoms with E-state index < -0.39 is 0 Å². The standard InChI is InChI=1S/C23H26N4O2/c28-16-18-9-13-27(14-10-18)15-17-1-7-21(8-2-17)26-23(29)20-5-3-19(4-6-20)22-24-11-12-25-22/h1-8,11-12,18,28H,9-10,13-16H2,(H,24,25)(H,26,29). The fourth-order valence-corrected chi connectivity index (χ4v) is 3.68. The summed E-state index contributed by atoms with van der Waals surface area (Å²) in [6, 6.07) is 15.4. The van der Waals surface area contributed by atoms with Crippen molar-refractivity contribution in [1.29, 1.82) is 0 Å². The Hall–Kier alpha value is -2.96. The molecule has 0 radical (unpaired) electrons. The molecule has 2 aromatic carbocycles. The number of benzene rings is 2. The Morgan fingerprint density at radius 3 is 2.45 bits per heavy atom. The molecule has 3 aromatic rings. The number of hydrogen-bond donors (Lipinski definition) is 3. The minimum atomic E-state index is -0.130. The number of nitrogens with zero attached hydrogens (tertiary/aromatic N) is 2. The first-order valence-electron chi connectivity index (χ1n) is 10.0. The van der Waals surface area contributed by atoms with Crippen molar-refractivity contribution in [2.45, 2.75) is 19.4 Å². The predicted molar refractivity (Wildman–Crippen MR) is 114 cm³/mol. The third-order valence-electron chi connectivity index (χ3n) is 5.50. The number of aliphatic hydroxyl groups excluding tert-OH is 1. The second-order valence-electron chi connectivity index (χ2n) is 7.57. The number of carbonyl (C=O) groups is 1. The number of imidazole rings is 1. The van der Waals surface area contributed by atoms with E-state index in [0.717, 1.165) is 49.6 Å². The molecule has 4 rings (SSSR count). The van der Waals surface area contributed by atoms with Gasteiger partial charge in [0.05, 0.1) is 0 Å². The van der Waals surface area contributed by atoms with Gasteiger partial charge in [-0.15, -0.1) is 0 Å². The van der Waals surface area contributed by atoms with E-state index >= 15 is 0 Å². The molecule has 2 heterocycles. The summed E-state index contributed by atoms with van der Waals surface area (Å²) in [6.45, 7) is 3.25. The van der Waals surface area contributed by atoms with Crippen LogP contribution in [-0.4, -0.2) is 45.6 Å².